The van der Waals surface area contributed by atoms with Gasteiger partial charge in [0.1, 0.15) is 0 Å². The van der Waals surface area contributed by atoms with Gasteiger partial charge in [0.05, 0.1) is 11.7 Å². The second-order valence-electron chi connectivity index (χ2n) is 14.4. The molecule has 0 bridgehead atoms. The van der Waals surface area contributed by atoms with E-state index in [4.69, 9.17) is 0 Å². The highest BCUT2D eigenvalue weighted by Gasteiger charge is 2.49. The van der Waals surface area contributed by atoms with E-state index in [9.17, 15) is 10.2 Å². The Bertz CT molecular complexity index is 582. The molecule has 4 fully saturated rings. The minimum Gasteiger partial charge on any atom is -0.393 e. The molecule has 0 amide bonds. The molecule has 1 unspecified atom stereocenters. The van der Waals surface area contributed by atoms with E-state index >= 15 is 0 Å². The summed E-state index contributed by atoms with van der Waals surface area (Å²) in [5.41, 5.74) is 0.0250. The lowest BCUT2D eigenvalue weighted by molar-refractivity contribution is -0.145. The number of likely N-dealkylation sites (tertiary alicyclic amines) is 1. The molecule has 204 valence electrons. The minimum absolute atomic E-state index is 0.101. The van der Waals surface area contributed by atoms with Crippen LogP contribution in [0.3, 0.4) is 0 Å². The molecule has 3 heteroatoms. The summed E-state index contributed by atoms with van der Waals surface area (Å²) < 4.78 is 0. The number of piperidine rings is 1. The summed E-state index contributed by atoms with van der Waals surface area (Å²) in [5.74, 6) is 2.97. The summed E-state index contributed by atoms with van der Waals surface area (Å²) >= 11 is 0. The Morgan fingerprint density at radius 1 is 0.657 bits per heavy atom. The quantitative estimate of drug-likeness (QED) is 0.369. The summed E-state index contributed by atoms with van der Waals surface area (Å²) in [5, 5.41) is 23.3. The first-order valence-electron chi connectivity index (χ1n) is 15.9. The molecule has 35 heavy (non-hydrogen) atoms. The summed E-state index contributed by atoms with van der Waals surface area (Å²) in [7, 11) is 0. The Hall–Kier alpha value is -0.120. The highest BCUT2D eigenvalue weighted by molar-refractivity contribution is 5.01. The van der Waals surface area contributed by atoms with Gasteiger partial charge in [-0.25, -0.2) is 0 Å². The van der Waals surface area contributed by atoms with E-state index in [0.29, 0.717) is 29.1 Å². The van der Waals surface area contributed by atoms with Gasteiger partial charge in [0.15, 0.2) is 0 Å². The van der Waals surface area contributed by atoms with Crippen molar-refractivity contribution in [2.75, 3.05) is 19.6 Å². The number of aliphatic hydroxyl groups excluding tert-OH is 1. The van der Waals surface area contributed by atoms with Crippen LogP contribution in [0.25, 0.3) is 0 Å². The lowest BCUT2D eigenvalue weighted by Gasteiger charge is -2.52. The van der Waals surface area contributed by atoms with Crippen molar-refractivity contribution in [3.8, 4) is 0 Å². The van der Waals surface area contributed by atoms with Crippen LogP contribution in [0.5, 0.6) is 0 Å². The number of hydrogen-bond acceptors (Lipinski definition) is 3. The fourth-order valence-corrected chi connectivity index (χ4v) is 8.88. The molecule has 4 rings (SSSR count). The maximum atomic E-state index is 12.4. The maximum Gasteiger partial charge on any atom is 0.0732 e. The van der Waals surface area contributed by atoms with Crippen LogP contribution < -0.4 is 0 Å². The van der Waals surface area contributed by atoms with Crippen molar-refractivity contribution in [3.05, 3.63) is 0 Å². The van der Waals surface area contributed by atoms with Gasteiger partial charge >= 0.3 is 0 Å². The van der Waals surface area contributed by atoms with Crippen LogP contribution in [0.4, 0.5) is 0 Å². The van der Waals surface area contributed by atoms with E-state index in [1.165, 1.54) is 103 Å². The van der Waals surface area contributed by atoms with Crippen molar-refractivity contribution < 1.29 is 10.2 Å². The summed E-state index contributed by atoms with van der Waals surface area (Å²) in [6.45, 7) is 10.6. The largest absolute Gasteiger partial charge is 0.393 e. The Kier molecular flexibility index (Phi) is 10.1. The molecule has 3 aliphatic carbocycles. The van der Waals surface area contributed by atoms with Crippen molar-refractivity contribution in [1.29, 1.82) is 0 Å². The SMILES string of the molecule is CC(C)(C)C1CCC(C(O)CCCN2CCC(C(O)(C3CCCCC3)C3CCCCC3)CC2)CC1. The first kappa shape index (κ1) is 27.9. The predicted octanol–water partition coefficient (Wildman–Crippen LogP) is 7.58. The molecule has 0 spiro atoms. The van der Waals surface area contributed by atoms with Crippen LogP contribution in [0, 0.1) is 35.0 Å². The van der Waals surface area contributed by atoms with Gasteiger partial charge in [-0.1, -0.05) is 59.3 Å². The van der Waals surface area contributed by atoms with Gasteiger partial charge in [0, 0.05) is 0 Å². The first-order valence-corrected chi connectivity index (χ1v) is 15.9. The van der Waals surface area contributed by atoms with Crippen LogP contribution in [0.2, 0.25) is 0 Å². The highest BCUT2D eigenvalue weighted by atomic mass is 16.3. The lowest BCUT2D eigenvalue weighted by atomic mass is 9.59. The van der Waals surface area contributed by atoms with Gasteiger partial charge in [-0.15, -0.1) is 0 Å². The third kappa shape index (κ3) is 7.05. The summed E-state index contributed by atoms with van der Waals surface area (Å²) in [4.78, 5) is 2.64. The fourth-order valence-electron chi connectivity index (χ4n) is 8.88. The molecule has 0 aromatic carbocycles. The van der Waals surface area contributed by atoms with E-state index in [0.717, 1.165) is 38.4 Å². The van der Waals surface area contributed by atoms with E-state index in [2.05, 4.69) is 25.7 Å². The maximum absolute atomic E-state index is 12.4. The summed E-state index contributed by atoms with van der Waals surface area (Å²) in [6.07, 6.45) is 22.5. The normalized spacial score (nSPS) is 30.4. The molecule has 4 aliphatic rings. The smallest absolute Gasteiger partial charge is 0.0732 e. The number of rotatable bonds is 8. The third-order valence-electron chi connectivity index (χ3n) is 11.3. The van der Waals surface area contributed by atoms with Crippen LogP contribution in [0.1, 0.15) is 136 Å². The molecule has 0 aromatic rings. The molecule has 0 radical (unpaired) electrons. The van der Waals surface area contributed by atoms with Crippen LogP contribution in [-0.4, -0.2) is 46.5 Å². The van der Waals surface area contributed by atoms with Crippen molar-refractivity contribution in [2.45, 2.75) is 148 Å². The number of aliphatic hydroxyl groups is 2. The Morgan fingerprint density at radius 2 is 1.14 bits per heavy atom. The number of hydrogen-bond donors (Lipinski definition) is 2. The molecule has 3 saturated carbocycles. The molecule has 0 aromatic heterocycles. The third-order valence-corrected chi connectivity index (χ3v) is 11.3. The minimum atomic E-state index is -0.394. The van der Waals surface area contributed by atoms with Gasteiger partial charge in [0.25, 0.3) is 0 Å². The van der Waals surface area contributed by atoms with Gasteiger partial charge in [-0.3, -0.25) is 0 Å². The molecular weight excluding hydrogens is 430 g/mol. The van der Waals surface area contributed by atoms with Crippen LogP contribution in [0.15, 0.2) is 0 Å². The Balaban J connectivity index is 1.21. The van der Waals surface area contributed by atoms with Crippen molar-refractivity contribution in [3.63, 3.8) is 0 Å². The van der Waals surface area contributed by atoms with Crippen LogP contribution >= 0.6 is 0 Å². The Morgan fingerprint density at radius 3 is 1.63 bits per heavy atom. The summed E-state index contributed by atoms with van der Waals surface area (Å²) in [6, 6.07) is 0. The van der Waals surface area contributed by atoms with Gasteiger partial charge in [0.2, 0.25) is 0 Å². The topological polar surface area (TPSA) is 43.7 Å². The van der Waals surface area contributed by atoms with E-state index in [-0.39, 0.29) is 6.10 Å². The zero-order valence-electron chi connectivity index (χ0n) is 23.7. The van der Waals surface area contributed by atoms with Crippen molar-refractivity contribution in [1.82, 2.24) is 4.90 Å². The molecule has 1 heterocycles. The van der Waals surface area contributed by atoms with Gasteiger partial charge in [-0.2, -0.15) is 0 Å². The zero-order chi connectivity index (χ0) is 24.9. The van der Waals surface area contributed by atoms with Crippen molar-refractivity contribution in [2.24, 2.45) is 35.0 Å². The molecule has 2 N–H and O–H groups in total. The Labute approximate surface area is 217 Å². The average Bonchev–Trinajstić information content (AvgIpc) is 2.89. The standard InChI is InChI=1S/C32H59NO2/c1-31(2,3)26-18-16-25(17-19-26)30(34)15-10-22-33-23-20-29(21-24-33)32(35,27-11-6-4-7-12-27)28-13-8-5-9-14-28/h25-30,34-35H,4-24H2,1-3H3. The monoisotopic (exact) mass is 489 g/mol. The average molecular weight is 490 g/mol. The second-order valence-corrected chi connectivity index (χ2v) is 14.4. The zero-order valence-corrected chi connectivity index (χ0v) is 23.7. The fraction of sp³-hybridized carbons (Fsp3) is 1.00. The van der Waals surface area contributed by atoms with Crippen LogP contribution in [-0.2, 0) is 0 Å². The first-order chi connectivity index (χ1) is 16.8. The molecule has 3 nitrogen and oxygen atoms in total. The molecular formula is C32H59NO2. The highest BCUT2D eigenvalue weighted by Crippen LogP contribution is 2.49. The second kappa shape index (κ2) is 12.6. The predicted molar refractivity (Wildman–Crippen MR) is 147 cm³/mol. The van der Waals surface area contributed by atoms with E-state index < -0.39 is 5.60 Å². The van der Waals surface area contributed by atoms with Gasteiger partial charge in [-0.05, 0) is 132 Å². The molecule has 1 saturated heterocycles. The lowest BCUT2D eigenvalue weighted by Crippen LogP contribution is -2.55. The number of nitrogens with zero attached hydrogens (tertiary/aromatic N) is 1. The molecule has 1 atom stereocenters. The molecule has 1 aliphatic heterocycles. The van der Waals surface area contributed by atoms with E-state index in [1.807, 2.05) is 0 Å². The van der Waals surface area contributed by atoms with E-state index in [1.54, 1.807) is 0 Å². The van der Waals surface area contributed by atoms with Crippen molar-refractivity contribution >= 4 is 0 Å². The van der Waals surface area contributed by atoms with Gasteiger partial charge < -0.3 is 15.1 Å².